The third-order valence-corrected chi connectivity index (χ3v) is 9.73. The fourth-order valence-corrected chi connectivity index (χ4v) is 2.87. The molecule has 0 radical (unpaired) electrons. The Morgan fingerprint density at radius 2 is 0.950 bits per heavy atom. The van der Waals surface area contributed by atoms with E-state index in [0.29, 0.717) is 0 Å². The van der Waals surface area contributed by atoms with Gasteiger partial charge in [-0.1, -0.05) is 86.7 Å². The molecule has 0 amide bonds. The van der Waals surface area contributed by atoms with Crippen LogP contribution in [0.1, 0.15) is 11.1 Å². The molecule has 0 heterocycles. The van der Waals surface area contributed by atoms with Crippen LogP contribution in [0, 0.1) is 0 Å². The van der Waals surface area contributed by atoms with Gasteiger partial charge in [0, 0.05) is 9.31 Å². The molecule has 20 heavy (non-hydrogen) atoms. The molecular formula is C16H24Cl2Si2. The highest BCUT2D eigenvalue weighted by atomic mass is 35.5. The van der Waals surface area contributed by atoms with E-state index in [0.717, 1.165) is 20.4 Å². The molecule has 0 aliphatic carbocycles. The first-order valence-electron chi connectivity index (χ1n) is 6.85. The second-order valence-corrected chi connectivity index (χ2v) is 18.7. The lowest BCUT2D eigenvalue weighted by Gasteiger charge is -2.15. The van der Waals surface area contributed by atoms with Crippen LogP contribution < -0.4 is 0 Å². The first-order chi connectivity index (χ1) is 9.00. The normalized spacial score (nSPS) is 14.6. The van der Waals surface area contributed by atoms with Crippen molar-refractivity contribution in [1.29, 1.82) is 0 Å². The van der Waals surface area contributed by atoms with E-state index in [-0.39, 0.29) is 0 Å². The molecule has 0 spiro atoms. The summed E-state index contributed by atoms with van der Waals surface area (Å²) in [7, 11) is -2.82. The molecule has 0 saturated heterocycles. The summed E-state index contributed by atoms with van der Waals surface area (Å²) in [5.41, 5.74) is 2.30. The molecule has 0 fully saturated rings. The van der Waals surface area contributed by atoms with Gasteiger partial charge in [0.25, 0.3) is 0 Å². The zero-order valence-electron chi connectivity index (χ0n) is 13.2. The molecule has 0 atom stereocenters. The Hall–Kier alpha value is -0.286. The first-order valence-corrected chi connectivity index (χ1v) is 14.6. The quantitative estimate of drug-likeness (QED) is 0.540. The number of halogens is 2. The van der Waals surface area contributed by atoms with Gasteiger partial charge in [0.2, 0.25) is 0 Å². The summed E-state index contributed by atoms with van der Waals surface area (Å²) in [4.78, 5) is 0. The minimum atomic E-state index is -1.41. The van der Waals surface area contributed by atoms with E-state index in [1.165, 1.54) is 0 Å². The number of hydrogen-bond donors (Lipinski definition) is 0. The second-order valence-electron chi connectivity index (χ2n) is 7.15. The van der Waals surface area contributed by atoms with Crippen LogP contribution in [0.3, 0.4) is 0 Å². The topological polar surface area (TPSA) is 0 Å². The van der Waals surface area contributed by atoms with E-state index >= 15 is 0 Å². The Morgan fingerprint density at radius 1 is 0.700 bits per heavy atom. The summed E-state index contributed by atoms with van der Waals surface area (Å²) in [6.07, 6.45) is 4.17. The van der Waals surface area contributed by atoms with Gasteiger partial charge in [-0.05, 0) is 23.3 Å². The van der Waals surface area contributed by atoms with Crippen molar-refractivity contribution in [3.05, 3.63) is 44.7 Å². The summed E-state index contributed by atoms with van der Waals surface area (Å²) in [5, 5.41) is 0. The van der Waals surface area contributed by atoms with Crippen LogP contribution in [0.4, 0.5) is 0 Å². The minimum Gasteiger partial charge on any atom is -0.0943 e. The van der Waals surface area contributed by atoms with Crippen molar-refractivity contribution < 1.29 is 0 Å². The van der Waals surface area contributed by atoms with Crippen molar-refractivity contribution in [3.63, 3.8) is 0 Å². The lowest BCUT2D eigenvalue weighted by atomic mass is 10.1. The molecular weight excluding hydrogens is 319 g/mol. The smallest absolute Gasteiger partial charge is 0.0922 e. The first kappa shape index (κ1) is 17.8. The molecule has 0 saturated carbocycles. The highest BCUT2D eigenvalue weighted by Crippen LogP contribution is 2.24. The third kappa shape index (κ3) is 5.60. The summed E-state index contributed by atoms with van der Waals surface area (Å²) < 4.78 is 2.00. The Morgan fingerprint density at radius 3 is 1.15 bits per heavy atom. The zero-order valence-corrected chi connectivity index (χ0v) is 16.7. The Bertz CT molecular complexity index is 466. The maximum atomic E-state index is 6.37. The largest absolute Gasteiger partial charge is 0.0943 e. The number of hydrogen-bond acceptors (Lipinski definition) is 0. The molecule has 0 aromatic heterocycles. The van der Waals surface area contributed by atoms with Crippen LogP contribution in [0.5, 0.6) is 0 Å². The minimum absolute atomic E-state index is 1.00. The van der Waals surface area contributed by atoms with Gasteiger partial charge in [0.1, 0.15) is 0 Å². The average molecular weight is 343 g/mol. The van der Waals surface area contributed by atoms with Crippen molar-refractivity contribution in [3.8, 4) is 0 Å². The van der Waals surface area contributed by atoms with Crippen LogP contribution in [-0.2, 0) is 0 Å². The highest BCUT2D eigenvalue weighted by Gasteiger charge is 2.18. The van der Waals surface area contributed by atoms with E-state index in [9.17, 15) is 0 Å². The van der Waals surface area contributed by atoms with Crippen molar-refractivity contribution in [1.82, 2.24) is 0 Å². The lowest BCUT2D eigenvalue weighted by Crippen LogP contribution is -2.20. The van der Waals surface area contributed by atoms with Crippen LogP contribution >= 0.6 is 23.2 Å². The molecule has 1 aromatic rings. The van der Waals surface area contributed by atoms with E-state index < -0.39 is 16.1 Å². The van der Waals surface area contributed by atoms with Crippen molar-refractivity contribution in [2.24, 2.45) is 0 Å². The van der Waals surface area contributed by atoms with Crippen LogP contribution in [0.2, 0.25) is 39.3 Å². The molecule has 0 aliphatic heterocycles. The van der Waals surface area contributed by atoms with Crippen LogP contribution in [0.15, 0.2) is 33.6 Å². The summed E-state index contributed by atoms with van der Waals surface area (Å²) >= 11 is 12.7. The molecule has 0 N–H and O–H groups in total. The van der Waals surface area contributed by atoms with Gasteiger partial charge in [0.15, 0.2) is 0 Å². The Kier molecular flexibility index (Phi) is 5.91. The molecule has 4 heteroatoms. The van der Waals surface area contributed by atoms with Gasteiger partial charge in [-0.3, -0.25) is 0 Å². The number of benzene rings is 1. The highest BCUT2D eigenvalue weighted by molar-refractivity contribution is 6.92. The predicted molar refractivity (Wildman–Crippen MR) is 101 cm³/mol. The van der Waals surface area contributed by atoms with Crippen LogP contribution in [0.25, 0.3) is 12.2 Å². The van der Waals surface area contributed by atoms with E-state index in [2.05, 4.69) is 75.7 Å². The lowest BCUT2D eigenvalue weighted by molar-refractivity contribution is 1.61. The predicted octanol–water partition coefficient (Wildman–Crippen LogP) is 6.60. The zero-order chi connectivity index (χ0) is 15.6. The molecule has 1 rings (SSSR count). The van der Waals surface area contributed by atoms with Gasteiger partial charge >= 0.3 is 0 Å². The van der Waals surface area contributed by atoms with E-state index in [1.54, 1.807) is 0 Å². The molecule has 0 unspecified atom stereocenters. The maximum absolute atomic E-state index is 6.37. The molecule has 0 nitrogen and oxygen atoms in total. The maximum Gasteiger partial charge on any atom is 0.0922 e. The SMILES string of the molecule is C[Si](C)(C)/C(Cl)=C/c1ccc(/C=C(\Cl)[Si](C)(C)C)cc1. The summed E-state index contributed by atoms with van der Waals surface area (Å²) in [5.74, 6) is 0. The molecule has 110 valence electrons. The van der Waals surface area contributed by atoms with E-state index in [4.69, 9.17) is 23.2 Å². The third-order valence-electron chi connectivity index (χ3n) is 2.96. The fourth-order valence-electron chi connectivity index (χ4n) is 1.41. The molecule has 0 bridgehead atoms. The molecule has 0 aliphatic rings. The van der Waals surface area contributed by atoms with E-state index in [1.807, 2.05) is 0 Å². The van der Waals surface area contributed by atoms with Crippen molar-refractivity contribution in [2.45, 2.75) is 39.3 Å². The van der Waals surface area contributed by atoms with Crippen molar-refractivity contribution >= 4 is 51.5 Å². The standard InChI is InChI=1S/C16H24Cl2Si2/c1-19(2,3)15(17)11-13-7-9-14(10-8-13)12-16(18)20(4,5)6/h7-12H,1-6H3/b15-11+,16-12+. The number of rotatable bonds is 4. The van der Waals surface area contributed by atoms with Crippen LogP contribution in [-0.4, -0.2) is 16.1 Å². The van der Waals surface area contributed by atoms with Gasteiger partial charge < -0.3 is 0 Å². The summed E-state index contributed by atoms with van der Waals surface area (Å²) in [6, 6.07) is 8.40. The van der Waals surface area contributed by atoms with Gasteiger partial charge in [-0.15, -0.1) is 0 Å². The van der Waals surface area contributed by atoms with Gasteiger partial charge in [-0.25, -0.2) is 0 Å². The fraction of sp³-hybridized carbons (Fsp3) is 0.375. The van der Waals surface area contributed by atoms with Gasteiger partial charge in [-0.2, -0.15) is 0 Å². The van der Waals surface area contributed by atoms with Gasteiger partial charge in [0.05, 0.1) is 16.1 Å². The Balaban J connectivity index is 2.96. The Labute approximate surface area is 135 Å². The van der Waals surface area contributed by atoms with Crippen molar-refractivity contribution in [2.75, 3.05) is 0 Å². The average Bonchev–Trinajstić information content (AvgIpc) is 2.29. The molecule has 1 aromatic carbocycles. The second kappa shape index (κ2) is 6.65. The monoisotopic (exact) mass is 342 g/mol. The summed E-state index contributed by atoms with van der Waals surface area (Å²) in [6.45, 7) is 13.5.